The Labute approximate surface area is 80.5 Å². The Kier molecular flexibility index (Phi) is 3.94. The van der Waals surface area contributed by atoms with Crippen LogP contribution in [0.4, 0.5) is 0 Å². The van der Waals surface area contributed by atoms with Crippen LogP contribution in [-0.2, 0) is 4.79 Å². The van der Waals surface area contributed by atoms with Crippen LogP contribution < -0.4 is 0 Å². The fourth-order valence-electron chi connectivity index (χ4n) is 1.77. The van der Waals surface area contributed by atoms with Crippen molar-refractivity contribution in [3.05, 3.63) is 23.3 Å². The van der Waals surface area contributed by atoms with Gasteiger partial charge in [0.15, 0.2) is 0 Å². The van der Waals surface area contributed by atoms with Crippen molar-refractivity contribution in [3.8, 4) is 0 Å². The number of aldehydes is 1. The van der Waals surface area contributed by atoms with Crippen LogP contribution in [0.2, 0.25) is 0 Å². The molecule has 1 aliphatic carbocycles. The molecule has 0 spiro atoms. The van der Waals surface area contributed by atoms with Crippen LogP contribution in [0.3, 0.4) is 0 Å². The first kappa shape index (κ1) is 10.2. The quantitative estimate of drug-likeness (QED) is 0.604. The lowest BCUT2D eigenvalue weighted by atomic mass is 10.0. The Morgan fingerprint density at radius 3 is 2.92 bits per heavy atom. The largest absolute Gasteiger partial charge is 0.303 e. The van der Waals surface area contributed by atoms with E-state index in [-0.39, 0.29) is 5.92 Å². The van der Waals surface area contributed by atoms with Gasteiger partial charge in [-0.25, -0.2) is 0 Å². The summed E-state index contributed by atoms with van der Waals surface area (Å²) in [5.74, 6) is 0.174. The number of carbonyl (C=O) groups is 1. The molecule has 0 saturated heterocycles. The standard InChI is InChI=1S/C12H18O/c1-3-4-5-6-12-10(2)7-8-11(12)9-13/h5-6,9,11H,3-4,7-8H2,1-2H3/b6-5-. The van der Waals surface area contributed by atoms with E-state index in [0.717, 1.165) is 25.5 Å². The predicted octanol–water partition coefficient (Wildman–Crippen LogP) is 3.27. The van der Waals surface area contributed by atoms with E-state index in [0.29, 0.717) is 0 Å². The van der Waals surface area contributed by atoms with E-state index < -0.39 is 0 Å². The van der Waals surface area contributed by atoms with Crippen LogP contribution in [-0.4, -0.2) is 6.29 Å². The van der Waals surface area contributed by atoms with Gasteiger partial charge in [-0.3, -0.25) is 0 Å². The molecule has 1 unspecified atom stereocenters. The topological polar surface area (TPSA) is 17.1 Å². The number of carbonyl (C=O) groups excluding carboxylic acids is 1. The van der Waals surface area contributed by atoms with Gasteiger partial charge >= 0.3 is 0 Å². The highest BCUT2D eigenvalue weighted by molar-refractivity contribution is 5.63. The number of allylic oxidation sites excluding steroid dienone is 4. The molecule has 1 rings (SSSR count). The lowest BCUT2D eigenvalue weighted by Crippen LogP contribution is -1.98. The van der Waals surface area contributed by atoms with Gasteiger partial charge in [-0.1, -0.05) is 31.1 Å². The second kappa shape index (κ2) is 5.00. The van der Waals surface area contributed by atoms with E-state index in [4.69, 9.17) is 0 Å². The van der Waals surface area contributed by atoms with E-state index in [2.05, 4.69) is 26.0 Å². The minimum absolute atomic E-state index is 0.174. The average molecular weight is 178 g/mol. The van der Waals surface area contributed by atoms with Crippen LogP contribution >= 0.6 is 0 Å². The second-order valence-corrected chi connectivity index (χ2v) is 3.71. The summed E-state index contributed by atoms with van der Waals surface area (Å²) in [6, 6.07) is 0. The molecule has 0 aliphatic heterocycles. The zero-order chi connectivity index (χ0) is 9.68. The van der Waals surface area contributed by atoms with Crippen molar-refractivity contribution in [1.29, 1.82) is 0 Å². The zero-order valence-electron chi connectivity index (χ0n) is 8.55. The zero-order valence-corrected chi connectivity index (χ0v) is 8.55. The van der Waals surface area contributed by atoms with Crippen molar-refractivity contribution < 1.29 is 4.79 Å². The Morgan fingerprint density at radius 1 is 1.54 bits per heavy atom. The van der Waals surface area contributed by atoms with Gasteiger partial charge in [-0.2, -0.15) is 0 Å². The maximum Gasteiger partial charge on any atom is 0.127 e. The van der Waals surface area contributed by atoms with E-state index >= 15 is 0 Å². The molecule has 1 aliphatic rings. The molecule has 1 heteroatoms. The van der Waals surface area contributed by atoms with Crippen LogP contribution in [0.5, 0.6) is 0 Å². The maximum absolute atomic E-state index is 10.7. The van der Waals surface area contributed by atoms with Crippen molar-refractivity contribution in [3.63, 3.8) is 0 Å². The lowest BCUT2D eigenvalue weighted by molar-refractivity contribution is -0.110. The molecule has 0 bridgehead atoms. The van der Waals surface area contributed by atoms with Gasteiger partial charge in [0.25, 0.3) is 0 Å². The SMILES string of the molecule is CCC/C=C\C1=C(C)CCC1C=O. The van der Waals surface area contributed by atoms with Crippen molar-refractivity contribution in [2.24, 2.45) is 5.92 Å². The van der Waals surface area contributed by atoms with E-state index in [1.807, 2.05) is 0 Å². The van der Waals surface area contributed by atoms with Gasteiger partial charge in [0.1, 0.15) is 6.29 Å². The highest BCUT2D eigenvalue weighted by Crippen LogP contribution is 2.31. The molecule has 0 amide bonds. The molecular formula is C12H18O. The summed E-state index contributed by atoms with van der Waals surface area (Å²) in [5.41, 5.74) is 2.66. The Morgan fingerprint density at radius 2 is 2.31 bits per heavy atom. The average Bonchev–Trinajstić information content (AvgIpc) is 2.48. The third kappa shape index (κ3) is 2.55. The van der Waals surface area contributed by atoms with Gasteiger partial charge in [0, 0.05) is 5.92 Å². The molecule has 0 aromatic rings. The van der Waals surface area contributed by atoms with Crippen molar-refractivity contribution in [2.45, 2.75) is 39.5 Å². The van der Waals surface area contributed by atoms with Crippen molar-refractivity contribution in [2.75, 3.05) is 0 Å². The molecule has 0 aromatic heterocycles. The number of hydrogen-bond acceptors (Lipinski definition) is 1. The smallest absolute Gasteiger partial charge is 0.127 e. The van der Waals surface area contributed by atoms with Crippen LogP contribution in [0, 0.1) is 5.92 Å². The molecule has 0 heterocycles. The number of hydrogen-bond donors (Lipinski definition) is 0. The van der Waals surface area contributed by atoms with Gasteiger partial charge in [0.05, 0.1) is 0 Å². The molecule has 72 valence electrons. The third-order valence-corrected chi connectivity index (χ3v) is 2.64. The fourth-order valence-corrected chi connectivity index (χ4v) is 1.77. The Hall–Kier alpha value is -0.850. The summed E-state index contributed by atoms with van der Waals surface area (Å²) in [4.78, 5) is 10.7. The molecule has 0 aromatic carbocycles. The van der Waals surface area contributed by atoms with E-state index in [9.17, 15) is 4.79 Å². The molecular weight excluding hydrogens is 160 g/mol. The highest BCUT2D eigenvalue weighted by atomic mass is 16.1. The molecule has 13 heavy (non-hydrogen) atoms. The Bertz CT molecular complexity index is 236. The molecule has 0 fully saturated rings. The first-order valence-electron chi connectivity index (χ1n) is 5.11. The maximum atomic E-state index is 10.7. The first-order chi connectivity index (χ1) is 6.29. The molecule has 0 N–H and O–H groups in total. The minimum Gasteiger partial charge on any atom is -0.303 e. The van der Waals surface area contributed by atoms with Crippen LogP contribution in [0.1, 0.15) is 39.5 Å². The van der Waals surface area contributed by atoms with Crippen molar-refractivity contribution >= 4 is 6.29 Å². The number of rotatable bonds is 4. The molecule has 1 atom stereocenters. The molecule has 1 nitrogen and oxygen atoms in total. The summed E-state index contributed by atoms with van der Waals surface area (Å²) in [7, 11) is 0. The fraction of sp³-hybridized carbons (Fsp3) is 0.583. The van der Waals surface area contributed by atoms with Gasteiger partial charge in [-0.15, -0.1) is 0 Å². The summed E-state index contributed by atoms with van der Waals surface area (Å²) in [6.45, 7) is 4.30. The molecule has 0 saturated carbocycles. The third-order valence-electron chi connectivity index (χ3n) is 2.64. The van der Waals surface area contributed by atoms with Gasteiger partial charge in [-0.05, 0) is 31.8 Å². The highest BCUT2D eigenvalue weighted by Gasteiger charge is 2.19. The minimum atomic E-state index is 0.174. The van der Waals surface area contributed by atoms with Crippen LogP contribution in [0.15, 0.2) is 23.3 Å². The van der Waals surface area contributed by atoms with Crippen molar-refractivity contribution in [1.82, 2.24) is 0 Å². The van der Waals surface area contributed by atoms with E-state index in [1.165, 1.54) is 17.6 Å². The summed E-state index contributed by atoms with van der Waals surface area (Å²) < 4.78 is 0. The van der Waals surface area contributed by atoms with E-state index in [1.54, 1.807) is 0 Å². The van der Waals surface area contributed by atoms with Gasteiger partial charge in [0.2, 0.25) is 0 Å². The monoisotopic (exact) mass is 178 g/mol. The number of unbranched alkanes of at least 4 members (excludes halogenated alkanes) is 1. The van der Waals surface area contributed by atoms with Gasteiger partial charge < -0.3 is 4.79 Å². The first-order valence-corrected chi connectivity index (χ1v) is 5.11. The summed E-state index contributed by atoms with van der Waals surface area (Å²) >= 11 is 0. The molecule has 0 radical (unpaired) electrons. The predicted molar refractivity (Wildman–Crippen MR) is 55.5 cm³/mol. The second-order valence-electron chi connectivity index (χ2n) is 3.71. The lowest BCUT2D eigenvalue weighted by Gasteiger charge is -2.02. The Balaban J connectivity index is 2.64. The van der Waals surface area contributed by atoms with Crippen LogP contribution in [0.25, 0.3) is 0 Å². The normalized spacial score (nSPS) is 23.1. The summed E-state index contributed by atoms with van der Waals surface area (Å²) in [5, 5.41) is 0. The summed E-state index contributed by atoms with van der Waals surface area (Å²) in [6.07, 6.45) is 9.81.